The minimum absolute atomic E-state index is 0.112. The number of carbonyl (C=O) groups is 1. The van der Waals surface area contributed by atoms with Crippen molar-refractivity contribution in [2.24, 2.45) is 4.99 Å². The molecular weight excluding hydrogens is 276 g/mol. The van der Waals surface area contributed by atoms with Crippen LogP contribution in [0.1, 0.15) is 32.3 Å². The van der Waals surface area contributed by atoms with Crippen molar-refractivity contribution in [3.8, 4) is 0 Å². The average molecular weight is 295 g/mol. The zero-order valence-electron chi connectivity index (χ0n) is 11.8. The minimum atomic E-state index is -0.454. The first-order chi connectivity index (χ1) is 9.69. The van der Waals surface area contributed by atoms with Gasteiger partial charge in [-0.1, -0.05) is 37.6 Å². The molecule has 1 N–H and O–H groups in total. The number of carbonyl (C=O) groups excluding carboxylic acids is 1. The number of rotatable bonds is 1. The highest BCUT2D eigenvalue weighted by molar-refractivity contribution is 6.47. The minimum Gasteiger partial charge on any atom is -0.381 e. The Balaban J connectivity index is 0.000000704. The molecule has 1 aromatic carbocycles. The van der Waals surface area contributed by atoms with Crippen LogP contribution in [0.3, 0.4) is 0 Å². The molecule has 3 rings (SSSR count). The molecule has 0 atom stereocenters. The Morgan fingerprint density at radius 1 is 1.20 bits per heavy atom. The van der Waals surface area contributed by atoms with Gasteiger partial charge in [-0.2, -0.15) is 0 Å². The topological polar surface area (TPSA) is 50.7 Å². The van der Waals surface area contributed by atoms with Gasteiger partial charge in [-0.3, -0.25) is 9.79 Å². The Hall–Kier alpha value is -1.39. The van der Waals surface area contributed by atoms with Crippen LogP contribution in [0.2, 0.25) is 5.02 Å². The predicted octanol–water partition coefficient (Wildman–Crippen LogP) is 2.79. The van der Waals surface area contributed by atoms with Crippen LogP contribution in [0.5, 0.6) is 0 Å². The van der Waals surface area contributed by atoms with Crippen LogP contribution in [0.25, 0.3) is 0 Å². The summed E-state index contributed by atoms with van der Waals surface area (Å²) in [5, 5.41) is 3.63. The number of nitrogens with zero attached hydrogens (tertiary/aromatic N) is 1. The Morgan fingerprint density at radius 3 is 2.40 bits per heavy atom. The summed E-state index contributed by atoms with van der Waals surface area (Å²) in [6.07, 6.45) is 1.46. The quantitative estimate of drug-likeness (QED) is 0.866. The summed E-state index contributed by atoms with van der Waals surface area (Å²) in [5.74, 6) is -0.112. The van der Waals surface area contributed by atoms with E-state index in [0.717, 1.165) is 18.4 Å². The van der Waals surface area contributed by atoms with E-state index in [9.17, 15) is 4.79 Å². The zero-order valence-corrected chi connectivity index (χ0v) is 12.5. The van der Waals surface area contributed by atoms with E-state index in [1.54, 1.807) is 12.1 Å². The van der Waals surface area contributed by atoms with Crippen molar-refractivity contribution >= 4 is 23.2 Å². The van der Waals surface area contributed by atoms with Gasteiger partial charge in [-0.05, 0) is 12.1 Å². The number of ether oxygens (including phenoxy) is 1. The van der Waals surface area contributed by atoms with Crippen molar-refractivity contribution in [2.75, 3.05) is 13.2 Å². The van der Waals surface area contributed by atoms with Crippen LogP contribution in [-0.2, 0) is 9.53 Å². The maximum atomic E-state index is 12.0. The van der Waals surface area contributed by atoms with E-state index in [2.05, 4.69) is 10.3 Å². The van der Waals surface area contributed by atoms with Gasteiger partial charge in [0.1, 0.15) is 11.4 Å². The van der Waals surface area contributed by atoms with Crippen LogP contribution < -0.4 is 5.32 Å². The number of hydrogen-bond acceptors (Lipinski definition) is 3. The molecule has 108 valence electrons. The molecule has 1 aromatic rings. The van der Waals surface area contributed by atoms with Gasteiger partial charge in [0.25, 0.3) is 5.91 Å². The van der Waals surface area contributed by atoms with Crippen molar-refractivity contribution in [2.45, 2.75) is 32.4 Å². The van der Waals surface area contributed by atoms with Crippen LogP contribution in [-0.4, -0.2) is 30.5 Å². The summed E-state index contributed by atoms with van der Waals surface area (Å²) in [5.41, 5.74) is 0.846. The monoisotopic (exact) mass is 294 g/mol. The molecular formula is C15H19ClN2O2. The first kappa shape index (κ1) is 15.0. The van der Waals surface area contributed by atoms with E-state index >= 15 is 0 Å². The molecule has 0 radical (unpaired) electrons. The Labute approximate surface area is 124 Å². The maximum absolute atomic E-state index is 12.0. The van der Waals surface area contributed by atoms with Crippen LogP contribution in [0, 0.1) is 0 Å². The van der Waals surface area contributed by atoms with Gasteiger partial charge in [0.2, 0.25) is 0 Å². The number of aliphatic imine (C=N–C) groups is 1. The fourth-order valence-electron chi connectivity index (χ4n) is 2.31. The Morgan fingerprint density at radius 2 is 1.80 bits per heavy atom. The lowest BCUT2D eigenvalue weighted by Gasteiger charge is -2.30. The number of halogens is 1. The third kappa shape index (κ3) is 3.02. The molecule has 0 bridgehead atoms. The lowest BCUT2D eigenvalue weighted by Crippen LogP contribution is -2.46. The van der Waals surface area contributed by atoms with Gasteiger partial charge >= 0.3 is 0 Å². The van der Waals surface area contributed by atoms with Gasteiger partial charge in [-0.25, -0.2) is 0 Å². The molecule has 1 spiro atoms. The third-order valence-electron chi connectivity index (χ3n) is 3.32. The van der Waals surface area contributed by atoms with Gasteiger partial charge in [0.05, 0.1) is 13.2 Å². The first-order valence-electron chi connectivity index (χ1n) is 6.95. The number of benzene rings is 1. The summed E-state index contributed by atoms with van der Waals surface area (Å²) in [6.45, 7) is 5.27. The highest BCUT2D eigenvalue weighted by Gasteiger charge is 2.40. The fourth-order valence-corrected chi connectivity index (χ4v) is 2.44. The molecule has 1 fully saturated rings. The van der Waals surface area contributed by atoms with Crippen LogP contribution in [0.4, 0.5) is 0 Å². The molecule has 0 unspecified atom stereocenters. The van der Waals surface area contributed by atoms with Crippen molar-refractivity contribution < 1.29 is 9.53 Å². The van der Waals surface area contributed by atoms with Crippen molar-refractivity contribution in [1.82, 2.24) is 5.32 Å². The molecule has 0 aliphatic carbocycles. The predicted molar refractivity (Wildman–Crippen MR) is 80.3 cm³/mol. The first-order valence-corrected chi connectivity index (χ1v) is 7.32. The lowest BCUT2D eigenvalue weighted by atomic mass is 10.0. The summed E-state index contributed by atoms with van der Waals surface area (Å²) in [4.78, 5) is 16.6. The van der Waals surface area contributed by atoms with Gasteiger partial charge in [0.15, 0.2) is 0 Å². The smallest absolute Gasteiger partial charge is 0.272 e. The summed E-state index contributed by atoms with van der Waals surface area (Å²) in [6, 6.07) is 7.17. The van der Waals surface area contributed by atoms with Gasteiger partial charge < -0.3 is 10.1 Å². The van der Waals surface area contributed by atoms with Gasteiger partial charge in [0, 0.05) is 23.4 Å². The van der Waals surface area contributed by atoms with E-state index in [0.29, 0.717) is 23.9 Å². The average Bonchev–Trinajstić information content (AvgIpc) is 2.79. The number of amides is 1. The molecule has 2 aliphatic rings. The van der Waals surface area contributed by atoms with Gasteiger partial charge in [-0.15, -0.1) is 0 Å². The molecule has 1 saturated heterocycles. The molecule has 2 aliphatic heterocycles. The molecule has 2 heterocycles. The second kappa shape index (κ2) is 6.37. The number of nitrogens with one attached hydrogen (secondary N) is 1. The summed E-state index contributed by atoms with van der Waals surface area (Å²) >= 11 is 5.84. The van der Waals surface area contributed by atoms with E-state index in [-0.39, 0.29) is 5.91 Å². The maximum Gasteiger partial charge on any atom is 0.272 e. The van der Waals surface area contributed by atoms with Crippen molar-refractivity contribution in [1.29, 1.82) is 0 Å². The standard InChI is InChI=1S/C13H13ClN2O2.C2H6/c14-10-3-1-9(2-4-10)11-12(17)16-13(15-11)5-7-18-8-6-13;1-2/h1-4H,5-8H2,(H,16,17);1-2H3. The molecule has 0 saturated carbocycles. The Bertz CT molecular complexity index is 505. The van der Waals surface area contributed by atoms with Crippen molar-refractivity contribution in [3.05, 3.63) is 34.9 Å². The van der Waals surface area contributed by atoms with Crippen molar-refractivity contribution in [3.63, 3.8) is 0 Å². The van der Waals surface area contributed by atoms with Crippen LogP contribution >= 0.6 is 11.6 Å². The summed E-state index contributed by atoms with van der Waals surface area (Å²) < 4.78 is 5.31. The largest absolute Gasteiger partial charge is 0.381 e. The molecule has 20 heavy (non-hydrogen) atoms. The number of hydrogen-bond donors (Lipinski definition) is 1. The molecule has 0 aromatic heterocycles. The summed E-state index contributed by atoms with van der Waals surface area (Å²) in [7, 11) is 0. The van der Waals surface area contributed by atoms with Crippen LogP contribution in [0.15, 0.2) is 29.3 Å². The second-order valence-electron chi connectivity index (χ2n) is 4.57. The molecule has 5 heteroatoms. The Kier molecular flexibility index (Phi) is 4.78. The SMILES string of the molecule is CC.O=C1NC2(CCOCC2)N=C1c1ccc(Cl)cc1. The second-order valence-corrected chi connectivity index (χ2v) is 5.00. The lowest BCUT2D eigenvalue weighted by molar-refractivity contribution is -0.116. The molecule has 1 amide bonds. The van der Waals surface area contributed by atoms with E-state index < -0.39 is 5.66 Å². The van der Waals surface area contributed by atoms with E-state index in [4.69, 9.17) is 16.3 Å². The fraction of sp³-hybridized carbons (Fsp3) is 0.467. The third-order valence-corrected chi connectivity index (χ3v) is 3.58. The highest BCUT2D eigenvalue weighted by Crippen LogP contribution is 2.27. The van der Waals surface area contributed by atoms with E-state index in [1.807, 2.05) is 26.0 Å². The van der Waals surface area contributed by atoms with E-state index in [1.165, 1.54) is 0 Å². The normalized spacial score (nSPS) is 19.9. The molecule has 4 nitrogen and oxygen atoms in total. The zero-order chi connectivity index (χ0) is 14.6. The highest BCUT2D eigenvalue weighted by atomic mass is 35.5.